The topological polar surface area (TPSA) is 60.4 Å². The van der Waals surface area contributed by atoms with Gasteiger partial charge in [-0.3, -0.25) is 9.79 Å². The first-order valence-electron chi connectivity index (χ1n) is 13.8. The molecule has 5 atom stereocenters. The third-order valence-corrected chi connectivity index (χ3v) is 7.74. The van der Waals surface area contributed by atoms with Gasteiger partial charge in [0.25, 0.3) is 0 Å². The van der Waals surface area contributed by atoms with E-state index in [1.807, 2.05) is 36.4 Å². The van der Waals surface area contributed by atoms with Gasteiger partial charge in [0.1, 0.15) is 5.84 Å². The summed E-state index contributed by atoms with van der Waals surface area (Å²) in [5, 5.41) is 0. The second-order valence-corrected chi connectivity index (χ2v) is 10.6. The van der Waals surface area contributed by atoms with Crippen molar-refractivity contribution in [1.29, 1.82) is 0 Å². The average Bonchev–Trinajstić information content (AvgIpc) is 2.96. The van der Waals surface area contributed by atoms with E-state index >= 15 is 0 Å². The highest BCUT2D eigenvalue weighted by atomic mass is 16.5. The second-order valence-electron chi connectivity index (χ2n) is 10.6. The number of rotatable bonds is 12. The molecule has 1 saturated heterocycles. The van der Waals surface area contributed by atoms with E-state index in [0.717, 1.165) is 30.7 Å². The van der Waals surface area contributed by atoms with E-state index in [2.05, 4.69) is 55.2 Å². The smallest absolute Gasteiger partial charge is 0.311 e. The largest absolute Gasteiger partial charge is 0.469 e. The van der Waals surface area contributed by atoms with Gasteiger partial charge < -0.3 is 19.1 Å². The Kier molecular flexibility index (Phi) is 10.1. The van der Waals surface area contributed by atoms with Crippen LogP contribution < -0.4 is 0 Å². The standard InChI is InChI=1S/C32H42N2O4/c1-23(2)28(22-36-3)33-31(25-14-9-6-10-15-25)34-29(16-11-19-38-21-24-12-7-5-8-13-24)26-17-18-30(34)27(20-26)32(35)37-4/h5-10,12-15,17-18,23,26-30H,11,16,19-22H2,1-4H3/t26?,27?,28-,29?,30?/m0/s1. The van der Waals surface area contributed by atoms with Crippen LogP contribution in [0.2, 0.25) is 0 Å². The lowest BCUT2D eigenvalue weighted by molar-refractivity contribution is -0.150. The fraction of sp³-hybridized carbons (Fsp3) is 0.500. The van der Waals surface area contributed by atoms with Gasteiger partial charge in [-0.1, -0.05) is 86.7 Å². The van der Waals surface area contributed by atoms with Gasteiger partial charge in [0.2, 0.25) is 0 Å². The molecule has 1 fully saturated rings. The third kappa shape index (κ3) is 6.72. The normalized spacial score (nSPS) is 23.6. The molecule has 2 aliphatic heterocycles. The molecule has 0 N–H and O–H groups in total. The number of amidine groups is 1. The molecular formula is C32H42N2O4. The Hall–Kier alpha value is -2.96. The molecule has 1 aliphatic carbocycles. The number of methoxy groups -OCH3 is 2. The van der Waals surface area contributed by atoms with E-state index < -0.39 is 0 Å². The minimum absolute atomic E-state index is 0.00562. The number of carbonyl (C=O) groups is 1. The molecular weight excluding hydrogens is 476 g/mol. The van der Waals surface area contributed by atoms with E-state index in [-0.39, 0.29) is 35.9 Å². The van der Waals surface area contributed by atoms with Crippen LogP contribution in [0, 0.1) is 17.8 Å². The Morgan fingerprint density at radius 2 is 1.74 bits per heavy atom. The highest BCUT2D eigenvalue weighted by Gasteiger charge is 2.48. The van der Waals surface area contributed by atoms with Crippen molar-refractivity contribution in [3.8, 4) is 0 Å². The zero-order valence-corrected chi connectivity index (χ0v) is 23.2. The van der Waals surface area contributed by atoms with E-state index in [1.54, 1.807) is 7.11 Å². The van der Waals surface area contributed by atoms with E-state index in [1.165, 1.54) is 12.7 Å². The minimum Gasteiger partial charge on any atom is -0.469 e. The molecule has 0 spiro atoms. The monoisotopic (exact) mass is 518 g/mol. The molecule has 2 aromatic carbocycles. The molecule has 0 amide bonds. The van der Waals surface area contributed by atoms with Crippen molar-refractivity contribution in [2.24, 2.45) is 22.7 Å². The molecule has 0 radical (unpaired) electrons. The summed E-state index contributed by atoms with van der Waals surface area (Å²) in [6.45, 7) is 6.21. The van der Waals surface area contributed by atoms with Gasteiger partial charge in [0.15, 0.2) is 0 Å². The summed E-state index contributed by atoms with van der Waals surface area (Å²) in [7, 11) is 3.21. The molecule has 6 nitrogen and oxygen atoms in total. The van der Waals surface area contributed by atoms with Crippen LogP contribution >= 0.6 is 0 Å². The maximum Gasteiger partial charge on any atom is 0.311 e. The first-order chi connectivity index (χ1) is 18.5. The van der Waals surface area contributed by atoms with Crippen LogP contribution in [-0.4, -0.2) is 62.3 Å². The number of nitrogens with zero attached hydrogens (tertiary/aromatic N) is 2. The second kappa shape index (κ2) is 13.7. The van der Waals surface area contributed by atoms with Crippen molar-refractivity contribution in [2.45, 2.75) is 57.8 Å². The van der Waals surface area contributed by atoms with Crippen molar-refractivity contribution in [3.05, 3.63) is 83.9 Å². The van der Waals surface area contributed by atoms with Crippen LogP contribution in [0.25, 0.3) is 0 Å². The molecule has 0 aromatic heterocycles. The lowest BCUT2D eigenvalue weighted by Gasteiger charge is -2.52. The molecule has 6 heteroatoms. The molecule has 204 valence electrons. The number of carbonyl (C=O) groups excluding carboxylic acids is 1. The Labute approximate surface area is 227 Å². The van der Waals surface area contributed by atoms with Crippen LogP contribution in [0.3, 0.4) is 0 Å². The van der Waals surface area contributed by atoms with Crippen LogP contribution in [-0.2, 0) is 25.6 Å². The summed E-state index contributed by atoms with van der Waals surface area (Å²) in [5.74, 6) is 1.13. The number of fused-ring (bicyclic) bond motifs is 2. The lowest BCUT2D eigenvalue weighted by Crippen LogP contribution is -2.61. The minimum atomic E-state index is -0.214. The molecule has 2 heterocycles. The zero-order valence-electron chi connectivity index (χ0n) is 23.2. The molecule has 3 aliphatic rings. The van der Waals surface area contributed by atoms with Crippen molar-refractivity contribution in [2.75, 3.05) is 27.4 Å². The van der Waals surface area contributed by atoms with Crippen LogP contribution in [0.1, 0.15) is 44.2 Å². The fourth-order valence-electron chi connectivity index (χ4n) is 5.68. The summed E-state index contributed by atoms with van der Waals surface area (Å²) in [5.41, 5.74) is 2.25. The SMILES string of the molecule is COC[C@H](N=C(c1ccccc1)N1C2C=CC(CC2C(=O)OC)C1CCCOCc1ccccc1)C(C)C. The quantitative estimate of drug-likeness (QED) is 0.122. The Morgan fingerprint density at radius 3 is 2.39 bits per heavy atom. The Bertz CT molecular complexity index is 1070. The summed E-state index contributed by atoms with van der Waals surface area (Å²) in [4.78, 5) is 20.6. The Morgan fingerprint density at radius 1 is 1.03 bits per heavy atom. The van der Waals surface area contributed by atoms with Gasteiger partial charge in [0, 0.05) is 25.3 Å². The summed E-state index contributed by atoms with van der Waals surface area (Å²) < 4.78 is 16.8. The summed E-state index contributed by atoms with van der Waals surface area (Å²) in [6, 6.07) is 20.8. The maximum atomic E-state index is 12.9. The van der Waals surface area contributed by atoms with Crippen LogP contribution in [0.4, 0.5) is 0 Å². The highest BCUT2D eigenvalue weighted by molar-refractivity contribution is 6.00. The molecule has 4 unspecified atom stereocenters. The molecule has 38 heavy (non-hydrogen) atoms. The van der Waals surface area contributed by atoms with Gasteiger partial charge in [0.05, 0.1) is 38.3 Å². The number of piperidine rings is 1. The van der Waals surface area contributed by atoms with Crippen LogP contribution in [0.5, 0.6) is 0 Å². The van der Waals surface area contributed by atoms with Crippen molar-refractivity contribution in [1.82, 2.24) is 4.90 Å². The number of hydrogen-bond acceptors (Lipinski definition) is 5. The zero-order chi connectivity index (χ0) is 26.9. The van der Waals surface area contributed by atoms with Crippen LogP contribution in [0.15, 0.2) is 77.8 Å². The number of esters is 1. The van der Waals surface area contributed by atoms with Gasteiger partial charge in [-0.05, 0) is 36.7 Å². The molecule has 5 rings (SSSR count). The summed E-state index contributed by atoms with van der Waals surface area (Å²) >= 11 is 0. The number of benzene rings is 2. The predicted molar refractivity (Wildman–Crippen MR) is 151 cm³/mol. The van der Waals surface area contributed by atoms with E-state index in [9.17, 15) is 4.79 Å². The third-order valence-electron chi connectivity index (χ3n) is 7.74. The predicted octanol–water partition coefficient (Wildman–Crippen LogP) is 5.52. The average molecular weight is 519 g/mol. The fourth-order valence-corrected chi connectivity index (χ4v) is 5.68. The first-order valence-corrected chi connectivity index (χ1v) is 13.8. The van der Waals surface area contributed by atoms with Gasteiger partial charge in [-0.2, -0.15) is 0 Å². The molecule has 0 saturated carbocycles. The maximum absolute atomic E-state index is 12.9. The van der Waals surface area contributed by atoms with E-state index in [0.29, 0.717) is 25.7 Å². The Balaban J connectivity index is 1.61. The van der Waals surface area contributed by atoms with Gasteiger partial charge >= 0.3 is 5.97 Å². The molecule has 2 aromatic rings. The van der Waals surface area contributed by atoms with Crippen molar-refractivity contribution < 1.29 is 19.0 Å². The van der Waals surface area contributed by atoms with Gasteiger partial charge in [-0.15, -0.1) is 0 Å². The van der Waals surface area contributed by atoms with Gasteiger partial charge in [-0.25, -0.2) is 0 Å². The first kappa shape index (κ1) is 28.1. The van der Waals surface area contributed by atoms with Crippen molar-refractivity contribution in [3.63, 3.8) is 0 Å². The number of hydrogen-bond donors (Lipinski definition) is 0. The van der Waals surface area contributed by atoms with Crippen molar-refractivity contribution >= 4 is 11.8 Å². The van der Waals surface area contributed by atoms with E-state index in [4.69, 9.17) is 19.2 Å². The lowest BCUT2D eigenvalue weighted by atomic mass is 9.71. The molecule has 2 bridgehead atoms. The summed E-state index contributed by atoms with van der Waals surface area (Å²) in [6.07, 6.45) is 7.18. The number of aliphatic imine (C=N–C) groups is 1. The number of ether oxygens (including phenoxy) is 3. The highest BCUT2D eigenvalue weighted by Crippen LogP contribution is 2.42.